The van der Waals surface area contributed by atoms with E-state index < -0.39 is 5.97 Å². The molecule has 0 aliphatic carbocycles. The van der Waals surface area contributed by atoms with Crippen LogP contribution in [0.15, 0.2) is 53.6 Å². The molecule has 0 radical (unpaired) electrons. The summed E-state index contributed by atoms with van der Waals surface area (Å²) in [6, 6.07) is 11.8. The van der Waals surface area contributed by atoms with Crippen molar-refractivity contribution in [3.63, 3.8) is 0 Å². The molecule has 140 valence electrons. The maximum absolute atomic E-state index is 12.7. The second-order valence-corrected chi connectivity index (χ2v) is 7.75. The minimum atomic E-state index is -0.570. The predicted molar refractivity (Wildman–Crippen MR) is 110 cm³/mol. The van der Waals surface area contributed by atoms with Gasteiger partial charge in [0.15, 0.2) is 5.76 Å². The van der Waals surface area contributed by atoms with Gasteiger partial charge in [0.1, 0.15) is 11.5 Å². The SMILES string of the molecule is Cc1ccsc1/C=C1\Oc2cc(OC(=O)c3ccccc3Cl)cc(C)c2C1=O. The van der Waals surface area contributed by atoms with Crippen LogP contribution in [0.4, 0.5) is 0 Å². The average Bonchev–Trinajstić information content (AvgIpc) is 3.19. The van der Waals surface area contributed by atoms with Crippen LogP contribution in [0.3, 0.4) is 0 Å². The van der Waals surface area contributed by atoms with Gasteiger partial charge in [-0.25, -0.2) is 4.79 Å². The van der Waals surface area contributed by atoms with Crippen molar-refractivity contribution in [3.05, 3.63) is 85.8 Å². The standard InChI is InChI=1S/C22H15ClO4S/c1-12-7-8-28-19(12)11-18-21(24)20-13(2)9-14(10-17(20)27-18)26-22(25)15-5-3-4-6-16(15)23/h3-11H,1-2H3/b18-11-. The van der Waals surface area contributed by atoms with Gasteiger partial charge < -0.3 is 9.47 Å². The largest absolute Gasteiger partial charge is 0.452 e. The lowest BCUT2D eigenvalue weighted by atomic mass is 10.0. The number of fused-ring (bicyclic) bond motifs is 1. The number of thiophene rings is 1. The highest BCUT2D eigenvalue weighted by molar-refractivity contribution is 7.11. The number of ketones is 1. The molecule has 6 heteroatoms. The van der Waals surface area contributed by atoms with E-state index in [4.69, 9.17) is 21.1 Å². The number of hydrogen-bond donors (Lipinski definition) is 0. The first-order chi connectivity index (χ1) is 13.4. The summed E-state index contributed by atoms with van der Waals surface area (Å²) in [6.07, 6.45) is 1.75. The van der Waals surface area contributed by atoms with Gasteiger partial charge in [-0.1, -0.05) is 23.7 Å². The molecule has 0 spiro atoms. The second kappa shape index (κ2) is 7.26. The normalized spacial score (nSPS) is 14.1. The Balaban J connectivity index is 1.63. The number of halogens is 1. The summed E-state index contributed by atoms with van der Waals surface area (Å²) < 4.78 is 11.2. The molecule has 0 unspecified atom stereocenters. The molecule has 1 aliphatic heterocycles. The van der Waals surface area contributed by atoms with Gasteiger partial charge in [0.2, 0.25) is 5.78 Å². The Hall–Kier alpha value is -2.89. The summed E-state index contributed by atoms with van der Waals surface area (Å²) >= 11 is 7.59. The summed E-state index contributed by atoms with van der Waals surface area (Å²) in [5, 5.41) is 2.28. The Morgan fingerprint density at radius 2 is 1.93 bits per heavy atom. The first-order valence-corrected chi connectivity index (χ1v) is 9.79. The van der Waals surface area contributed by atoms with Gasteiger partial charge in [0.25, 0.3) is 0 Å². The van der Waals surface area contributed by atoms with E-state index in [2.05, 4.69) is 0 Å². The van der Waals surface area contributed by atoms with E-state index in [0.717, 1.165) is 10.4 Å². The Kier molecular flexibility index (Phi) is 4.79. The van der Waals surface area contributed by atoms with Crippen molar-refractivity contribution >= 4 is 40.8 Å². The lowest BCUT2D eigenvalue weighted by Gasteiger charge is -2.08. The van der Waals surface area contributed by atoms with Crippen LogP contribution >= 0.6 is 22.9 Å². The number of allylic oxidation sites excluding steroid dienone is 1. The van der Waals surface area contributed by atoms with E-state index >= 15 is 0 Å². The molecule has 3 aromatic rings. The van der Waals surface area contributed by atoms with E-state index in [1.807, 2.05) is 18.4 Å². The van der Waals surface area contributed by atoms with Crippen LogP contribution in [0.1, 0.15) is 36.7 Å². The fraction of sp³-hybridized carbons (Fsp3) is 0.0909. The van der Waals surface area contributed by atoms with E-state index in [1.54, 1.807) is 60.7 Å². The molecule has 0 N–H and O–H groups in total. The Bertz CT molecular complexity index is 1140. The van der Waals surface area contributed by atoms with E-state index in [0.29, 0.717) is 27.6 Å². The molecule has 1 aromatic heterocycles. The molecule has 0 saturated carbocycles. The molecule has 0 fully saturated rings. The van der Waals surface area contributed by atoms with Crippen LogP contribution in [-0.4, -0.2) is 11.8 Å². The lowest BCUT2D eigenvalue weighted by Crippen LogP contribution is -2.09. The minimum absolute atomic E-state index is 0.177. The first-order valence-electron chi connectivity index (χ1n) is 8.53. The number of carbonyl (C=O) groups is 2. The molecule has 0 saturated heterocycles. The maximum Gasteiger partial charge on any atom is 0.345 e. The van der Waals surface area contributed by atoms with Crippen LogP contribution < -0.4 is 9.47 Å². The highest BCUT2D eigenvalue weighted by atomic mass is 35.5. The lowest BCUT2D eigenvalue weighted by molar-refractivity contribution is 0.0734. The van der Waals surface area contributed by atoms with Crippen molar-refractivity contribution in [2.45, 2.75) is 13.8 Å². The Morgan fingerprint density at radius 3 is 2.64 bits per heavy atom. The zero-order chi connectivity index (χ0) is 19.8. The number of benzene rings is 2. The van der Waals surface area contributed by atoms with Gasteiger partial charge in [-0.3, -0.25) is 4.79 Å². The van der Waals surface area contributed by atoms with Crippen molar-refractivity contribution in [3.8, 4) is 11.5 Å². The van der Waals surface area contributed by atoms with Crippen LogP contribution in [0, 0.1) is 13.8 Å². The van der Waals surface area contributed by atoms with E-state index in [9.17, 15) is 9.59 Å². The third-order valence-electron chi connectivity index (χ3n) is 4.41. The number of Topliss-reactive ketones (excluding diaryl/α,β-unsaturated/α-hetero) is 1. The van der Waals surface area contributed by atoms with Crippen LogP contribution in [0.2, 0.25) is 5.02 Å². The van der Waals surface area contributed by atoms with Crippen molar-refractivity contribution in [2.75, 3.05) is 0 Å². The zero-order valence-corrected chi connectivity index (χ0v) is 16.7. The minimum Gasteiger partial charge on any atom is -0.452 e. The van der Waals surface area contributed by atoms with Crippen LogP contribution in [0.5, 0.6) is 11.5 Å². The summed E-state index contributed by atoms with van der Waals surface area (Å²) in [5.74, 6) is 0.191. The Labute approximate surface area is 171 Å². The fourth-order valence-electron chi connectivity index (χ4n) is 2.98. The molecule has 0 amide bonds. The van der Waals surface area contributed by atoms with Crippen LogP contribution in [0.25, 0.3) is 6.08 Å². The number of rotatable bonds is 3. The quantitative estimate of drug-likeness (QED) is 0.308. The summed E-state index contributed by atoms with van der Waals surface area (Å²) in [4.78, 5) is 26.1. The highest BCUT2D eigenvalue weighted by Gasteiger charge is 2.30. The fourth-order valence-corrected chi connectivity index (χ4v) is 4.04. The molecule has 4 nitrogen and oxygen atoms in total. The molecule has 1 aliphatic rings. The number of ether oxygens (including phenoxy) is 2. The Morgan fingerprint density at radius 1 is 1.14 bits per heavy atom. The molecular formula is C22H15ClO4S. The monoisotopic (exact) mass is 410 g/mol. The maximum atomic E-state index is 12.7. The molecule has 28 heavy (non-hydrogen) atoms. The van der Waals surface area contributed by atoms with Gasteiger partial charge in [-0.05, 0) is 54.6 Å². The van der Waals surface area contributed by atoms with Crippen molar-refractivity contribution < 1.29 is 19.1 Å². The van der Waals surface area contributed by atoms with Crippen molar-refractivity contribution in [1.82, 2.24) is 0 Å². The van der Waals surface area contributed by atoms with E-state index in [-0.39, 0.29) is 17.1 Å². The van der Waals surface area contributed by atoms with Gasteiger partial charge in [-0.15, -0.1) is 11.3 Å². The smallest absolute Gasteiger partial charge is 0.345 e. The predicted octanol–water partition coefficient (Wildman–Crippen LogP) is 5.85. The summed E-state index contributed by atoms with van der Waals surface area (Å²) in [5.41, 5.74) is 2.51. The first kappa shape index (κ1) is 18.5. The average molecular weight is 411 g/mol. The van der Waals surface area contributed by atoms with Crippen molar-refractivity contribution in [2.24, 2.45) is 0 Å². The van der Waals surface area contributed by atoms with E-state index in [1.165, 1.54) is 0 Å². The number of carbonyl (C=O) groups excluding carboxylic acids is 2. The molecule has 0 bridgehead atoms. The van der Waals surface area contributed by atoms with Crippen molar-refractivity contribution in [1.29, 1.82) is 0 Å². The molecular weight excluding hydrogens is 396 g/mol. The topological polar surface area (TPSA) is 52.6 Å². The molecule has 2 aromatic carbocycles. The van der Waals surface area contributed by atoms with Gasteiger partial charge in [0.05, 0.1) is 16.1 Å². The summed E-state index contributed by atoms with van der Waals surface area (Å²) in [6.45, 7) is 3.76. The van der Waals surface area contributed by atoms with Crippen LogP contribution in [-0.2, 0) is 0 Å². The zero-order valence-electron chi connectivity index (χ0n) is 15.1. The molecule has 4 rings (SSSR count). The third-order valence-corrected chi connectivity index (χ3v) is 5.71. The van der Waals surface area contributed by atoms with Gasteiger partial charge in [0, 0.05) is 17.0 Å². The van der Waals surface area contributed by atoms with Gasteiger partial charge >= 0.3 is 5.97 Å². The van der Waals surface area contributed by atoms with Gasteiger partial charge in [-0.2, -0.15) is 0 Å². The second-order valence-electron chi connectivity index (χ2n) is 6.39. The number of aryl methyl sites for hydroxylation is 2. The third kappa shape index (κ3) is 3.35. The summed E-state index contributed by atoms with van der Waals surface area (Å²) in [7, 11) is 0. The molecule has 0 atom stereocenters. The number of esters is 1. The molecule has 2 heterocycles. The number of hydrogen-bond acceptors (Lipinski definition) is 5. The highest BCUT2D eigenvalue weighted by Crippen LogP contribution is 2.38.